The summed E-state index contributed by atoms with van der Waals surface area (Å²) in [4.78, 5) is 39.6. The van der Waals surface area contributed by atoms with Crippen molar-refractivity contribution in [3.63, 3.8) is 0 Å². The van der Waals surface area contributed by atoms with E-state index >= 15 is 0 Å². The molecule has 1 aliphatic heterocycles. The van der Waals surface area contributed by atoms with Crippen LogP contribution in [0, 0.1) is 31.6 Å². The molecule has 5 fully saturated rings. The maximum absolute atomic E-state index is 13.3. The third-order valence-corrected chi connectivity index (χ3v) is 9.98. The summed E-state index contributed by atoms with van der Waals surface area (Å²) in [6.07, 6.45) is 9.89. The maximum Gasteiger partial charge on any atom is 0.335 e. The number of hydrogen-bond donors (Lipinski definition) is 1. The lowest BCUT2D eigenvalue weighted by Gasteiger charge is -2.57. The first-order valence-corrected chi connectivity index (χ1v) is 14.6. The third kappa shape index (κ3) is 4.03. The highest BCUT2D eigenvalue weighted by Gasteiger charge is 2.51. The number of barbiturate groups is 1. The minimum absolute atomic E-state index is 0.0908. The Balaban J connectivity index is 1.19. The highest BCUT2D eigenvalue weighted by atomic mass is 35.5. The molecule has 1 N–H and O–H groups in total. The second-order valence-corrected chi connectivity index (χ2v) is 12.8. The van der Waals surface area contributed by atoms with Gasteiger partial charge in [0.1, 0.15) is 5.57 Å². The van der Waals surface area contributed by atoms with Crippen molar-refractivity contribution < 1.29 is 14.4 Å². The highest BCUT2D eigenvalue weighted by Crippen LogP contribution is 2.60. The van der Waals surface area contributed by atoms with E-state index in [0.717, 1.165) is 45.3 Å². The second-order valence-electron chi connectivity index (χ2n) is 12.3. The van der Waals surface area contributed by atoms with Gasteiger partial charge in [-0.3, -0.25) is 14.9 Å². The zero-order chi connectivity index (χ0) is 27.8. The second kappa shape index (κ2) is 9.20. The minimum atomic E-state index is -0.779. The molecule has 0 atom stereocenters. The molecule has 4 amide bonds. The summed E-state index contributed by atoms with van der Waals surface area (Å²) < 4.78 is 2.16. The Hall–Kier alpha value is -3.64. The molecule has 0 radical (unpaired) electrons. The Bertz CT molecular complexity index is 1550. The summed E-state index contributed by atoms with van der Waals surface area (Å²) in [6.45, 7) is 4.01. The van der Waals surface area contributed by atoms with Crippen LogP contribution in [0.1, 0.15) is 61.0 Å². The van der Waals surface area contributed by atoms with Crippen LogP contribution in [-0.4, -0.2) is 22.4 Å². The van der Waals surface area contributed by atoms with Crippen molar-refractivity contribution in [1.82, 2.24) is 9.88 Å². The van der Waals surface area contributed by atoms with E-state index in [1.807, 2.05) is 19.9 Å². The Morgan fingerprint density at radius 1 is 0.850 bits per heavy atom. The first-order valence-electron chi connectivity index (χ1n) is 14.2. The van der Waals surface area contributed by atoms with Crippen LogP contribution in [0.15, 0.2) is 60.2 Å². The number of nitrogens with zero attached hydrogens (tertiary/aromatic N) is 2. The van der Waals surface area contributed by atoms with Crippen molar-refractivity contribution >= 4 is 41.2 Å². The number of carbonyl (C=O) groups is 3. The molecular formula is C33H32ClN3O3. The molecule has 0 spiro atoms. The number of benzene rings is 2. The zero-order valence-electron chi connectivity index (χ0n) is 22.7. The van der Waals surface area contributed by atoms with E-state index in [4.69, 9.17) is 11.6 Å². The van der Waals surface area contributed by atoms with Gasteiger partial charge in [0, 0.05) is 22.1 Å². The Morgan fingerprint density at radius 3 is 2.02 bits per heavy atom. The number of aryl methyl sites for hydroxylation is 1. The van der Waals surface area contributed by atoms with Crippen LogP contribution < -0.4 is 10.2 Å². The molecule has 1 aromatic heterocycles. The summed E-state index contributed by atoms with van der Waals surface area (Å²) in [5.74, 6) is 1.34. The van der Waals surface area contributed by atoms with Gasteiger partial charge in [0.25, 0.3) is 11.8 Å². The molecule has 4 aliphatic carbocycles. The van der Waals surface area contributed by atoms with E-state index in [1.54, 1.807) is 30.3 Å². The minimum Gasteiger partial charge on any atom is -0.318 e. The van der Waals surface area contributed by atoms with Crippen molar-refractivity contribution in [3.05, 3.63) is 87.7 Å². The van der Waals surface area contributed by atoms with Crippen LogP contribution in [0.2, 0.25) is 5.02 Å². The van der Waals surface area contributed by atoms with Gasteiger partial charge >= 0.3 is 6.03 Å². The van der Waals surface area contributed by atoms with Gasteiger partial charge in [0.15, 0.2) is 0 Å². The van der Waals surface area contributed by atoms with E-state index in [2.05, 4.69) is 34.1 Å². The summed E-state index contributed by atoms with van der Waals surface area (Å²) in [5.41, 5.74) is 5.82. The molecule has 5 aliphatic rings. The topological polar surface area (TPSA) is 71.4 Å². The van der Waals surface area contributed by atoms with E-state index in [0.29, 0.717) is 16.1 Å². The first-order chi connectivity index (χ1) is 19.2. The van der Waals surface area contributed by atoms with Crippen LogP contribution in [0.5, 0.6) is 0 Å². The summed E-state index contributed by atoms with van der Waals surface area (Å²) >= 11 is 5.97. The summed E-state index contributed by atoms with van der Waals surface area (Å²) in [5, 5.41) is 2.78. The zero-order valence-corrected chi connectivity index (χ0v) is 23.5. The van der Waals surface area contributed by atoms with E-state index in [9.17, 15) is 14.4 Å². The number of carbonyl (C=O) groups excluding carboxylic acids is 3. The van der Waals surface area contributed by atoms with Crippen molar-refractivity contribution in [3.8, 4) is 5.69 Å². The normalized spacial score (nSPS) is 28.5. The van der Waals surface area contributed by atoms with Gasteiger partial charge in [0.05, 0.1) is 5.69 Å². The molecule has 0 unspecified atom stereocenters. The maximum atomic E-state index is 13.3. The van der Waals surface area contributed by atoms with E-state index in [-0.39, 0.29) is 5.57 Å². The monoisotopic (exact) mass is 553 g/mol. The van der Waals surface area contributed by atoms with Gasteiger partial charge in [0.2, 0.25) is 0 Å². The molecule has 204 valence electrons. The summed E-state index contributed by atoms with van der Waals surface area (Å²) in [6, 6.07) is 16.6. The fourth-order valence-corrected chi connectivity index (χ4v) is 8.52. The molecule has 2 aromatic carbocycles. The van der Waals surface area contributed by atoms with Gasteiger partial charge in [-0.05, 0) is 135 Å². The lowest BCUT2D eigenvalue weighted by Crippen LogP contribution is -2.54. The molecule has 7 heteroatoms. The molecule has 3 aromatic rings. The number of imide groups is 2. The molecule has 2 heterocycles. The SMILES string of the molecule is Cc1cc(/C=C2\C(=O)NC(=O)N(c3ccc(Cl)cc3)C2=O)c(C)n1-c1ccc(C23CC4CC(CC(C4)C2)C3)cc1. The molecule has 40 heavy (non-hydrogen) atoms. The molecule has 4 bridgehead atoms. The summed E-state index contributed by atoms with van der Waals surface area (Å²) in [7, 11) is 0. The molecular weight excluding hydrogens is 522 g/mol. The number of anilines is 1. The smallest absolute Gasteiger partial charge is 0.318 e. The largest absolute Gasteiger partial charge is 0.335 e. The predicted octanol–water partition coefficient (Wildman–Crippen LogP) is 6.88. The number of aromatic nitrogens is 1. The average molecular weight is 554 g/mol. The first kappa shape index (κ1) is 25.3. The van der Waals surface area contributed by atoms with Crippen molar-refractivity contribution in [2.75, 3.05) is 4.90 Å². The molecule has 4 saturated carbocycles. The number of amides is 4. The van der Waals surface area contributed by atoms with Crippen LogP contribution in [0.3, 0.4) is 0 Å². The van der Waals surface area contributed by atoms with E-state index in [1.165, 1.54) is 44.1 Å². The van der Waals surface area contributed by atoms with Gasteiger partial charge in [-0.25, -0.2) is 9.69 Å². The molecule has 6 nitrogen and oxygen atoms in total. The van der Waals surface area contributed by atoms with Gasteiger partial charge in [-0.2, -0.15) is 0 Å². The lowest BCUT2D eigenvalue weighted by atomic mass is 9.48. The Morgan fingerprint density at radius 2 is 1.43 bits per heavy atom. The van der Waals surface area contributed by atoms with Crippen LogP contribution in [0.4, 0.5) is 10.5 Å². The standard InChI is InChI=1S/C33H32ClN3O3/c1-19-11-24(15-29-30(38)35-32(40)37(31(29)39)28-9-5-26(34)6-10-28)20(2)36(19)27-7-3-25(4-8-27)33-16-21-12-22(17-33)14-23(13-21)18-33/h3-11,15,21-23H,12-14,16-18H2,1-2H3,(H,35,38,40)/b29-15+. The van der Waals surface area contributed by atoms with Gasteiger partial charge < -0.3 is 4.57 Å². The van der Waals surface area contributed by atoms with Crippen molar-refractivity contribution in [1.29, 1.82) is 0 Å². The Kier molecular flexibility index (Phi) is 5.83. The highest BCUT2D eigenvalue weighted by molar-refractivity contribution is 6.39. The van der Waals surface area contributed by atoms with Crippen molar-refractivity contribution in [2.45, 2.75) is 57.8 Å². The fraction of sp³-hybridized carbons (Fsp3) is 0.364. The third-order valence-electron chi connectivity index (χ3n) is 9.73. The Labute approximate surface area is 239 Å². The number of hydrogen-bond acceptors (Lipinski definition) is 3. The number of nitrogens with one attached hydrogen (secondary N) is 1. The van der Waals surface area contributed by atoms with Crippen LogP contribution >= 0.6 is 11.6 Å². The molecule has 8 rings (SSSR count). The van der Waals surface area contributed by atoms with Crippen LogP contribution in [-0.2, 0) is 15.0 Å². The van der Waals surface area contributed by atoms with Gasteiger partial charge in [-0.1, -0.05) is 23.7 Å². The average Bonchev–Trinajstić information content (AvgIpc) is 3.19. The molecule has 1 saturated heterocycles. The van der Waals surface area contributed by atoms with Gasteiger partial charge in [-0.15, -0.1) is 0 Å². The lowest BCUT2D eigenvalue weighted by molar-refractivity contribution is -0.122. The number of urea groups is 1. The predicted molar refractivity (Wildman–Crippen MR) is 156 cm³/mol. The van der Waals surface area contributed by atoms with E-state index < -0.39 is 17.8 Å². The fourth-order valence-electron chi connectivity index (χ4n) is 8.40. The quantitative estimate of drug-likeness (QED) is 0.283. The van der Waals surface area contributed by atoms with Crippen LogP contribution in [0.25, 0.3) is 11.8 Å². The number of halogens is 1. The van der Waals surface area contributed by atoms with Crippen molar-refractivity contribution in [2.24, 2.45) is 17.8 Å². The number of rotatable bonds is 4.